The van der Waals surface area contributed by atoms with Gasteiger partial charge in [-0.2, -0.15) is 0 Å². The molecule has 0 bridgehead atoms. The molecular formula is C46H83Cl2N9O5. The fourth-order valence-corrected chi connectivity index (χ4v) is 5.75. The molecule has 16 heteroatoms. The Morgan fingerprint density at radius 1 is 0.597 bits per heavy atom. The van der Waals surface area contributed by atoms with Crippen molar-refractivity contribution >= 4 is 35.5 Å². The summed E-state index contributed by atoms with van der Waals surface area (Å²) >= 11 is 5.33. The highest BCUT2D eigenvalue weighted by molar-refractivity contribution is 6.62. The largest absolute Gasteiger partial charge is 0.443 e. The highest BCUT2D eigenvalue weighted by Gasteiger charge is 2.31. The second-order valence-corrected chi connectivity index (χ2v) is 13.1. The number of amides is 2. The van der Waals surface area contributed by atoms with Gasteiger partial charge in [-0.1, -0.05) is 101 Å². The number of carbonyl (C=O) groups is 2. The van der Waals surface area contributed by atoms with Crippen LogP contribution in [0.2, 0.25) is 0 Å². The van der Waals surface area contributed by atoms with Gasteiger partial charge in [0.2, 0.25) is 0 Å². The molecule has 3 aromatic rings. The zero-order valence-electron chi connectivity index (χ0n) is 40.4. The van der Waals surface area contributed by atoms with Crippen molar-refractivity contribution in [2.75, 3.05) is 53.4 Å². The average Bonchev–Trinajstić information content (AvgIpc) is 4.06. The molecule has 3 fully saturated rings. The number of likely N-dealkylation sites (tertiary alicyclic amines) is 2. The number of aliphatic hydroxyl groups excluding tert-OH is 2. The number of rotatable bonds is 1. The molecule has 4 N–H and O–H groups in total. The quantitative estimate of drug-likeness (QED) is 0.138. The molecule has 0 radical (unpaired) electrons. The first-order chi connectivity index (χ1) is 29.6. The predicted octanol–water partition coefficient (Wildman–Crippen LogP) is 8.11. The predicted molar refractivity (Wildman–Crippen MR) is 258 cm³/mol. The van der Waals surface area contributed by atoms with Gasteiger partial charge in [0.25, 0.3) is 0 Å². The molecular weight excluding hydrogens is 829 g/mol. The molecule has 0 spiro atoms. The summed E-state index contributed by atoms with van der Waals surface area (Å²) in [7, 11) is 4.01. The number of hydrogen-bond donors (Lipinski definition) is 4. The molecule has 9 heterocycles. The second-order valence-electron chi connectivity index (χ2n) is 12.8. The molecule has 2 amide bonds. The summed E-state index contributed by atoms with van der Waals surface area (Å²) in [6.07, 6.45) is 5.08. The lowest BCUT2D eigenvalue weighted by atomic mass is 10.2. The molecule has 6 aliphatic rings. The number of hydrogen-bond acceptors (Lipinski definition) is 12. The lowest BCUT2D eigenvalue weighted by Crippen LogP contribution is -2.51. The Morgan fingerprint density at radius 3 is 1.34 bits per heavy atom. The van der Waals surface area contributed by atoms with E-state index in [1.807, 2.05) is 134 Å². The standard InChI is InChI=1S/C12H15N3O2.C8H7ClN2O.C7H8N2.C4H9NO.C3H7NO.6C2H6.ClH/c1-14-6-10(7-14)17-12(16)15-5-9-3-2-4-13-11(9)8-15;9-8(12)11-4-6-2-1-3-10-7(6)5-11;1-2-6-4-8-5-7(6)9-3-1;1-5-2-4(6)3-5;5-3-1-4-2-3;6*1-2;/h2-4,10H,5-8H2,1H3;1-3H,4-5H2;1-3,8H,4-5H2;4,6H,2-3H2,1H3;3-5H,1-2H2;6*1-2H3;1H. The lowest BCUT2D eigenvalue weighted by molar-refractivity contribution is -0.0156. The van der Waals surface area contributed by atoms with E-state index in [2.05, 4.69) is 41.5 Å². The summed E-state index contributed by atoms with van der Waals surface area (Å²) in [5, 5.41) is 22.7. The SMILES string of the molecule is CC.CC.CC.CC.CC.CC.CN1CC(O)C1.CN1CC(OC(=O)N2Cc3cccnc3C2)C1.Cl.O=C(Cl)N1Cc2cccnc2C1.OC1CNC1.c1cnc2c(c1)CNC2. The molecule has 0 aliphatic carbocycles. The average molecular weight is 913 g/mol. The minimum absolute atomic E-state index is 0. The van der Waals surface area contributed by atoms with Gasteiger partial charge < -0.3 is 35.4 Å². The van der Waals surface area contributed by atoms with Crippen molar-refractivity contribution in [3.8, 4) is 0 Å². The zero-order valence-corrected chi connectivity index (χ0v) is 42.0. The third-order valence-corrected chi connectivity index (χ3v) is 8.81. The van der Waals surface area contributed by atoms with E-state index >= 15 is 0 Å². The Balaban J connectivity index is -0.000000688. The number of pyridine rings is 3. The Kier molecular flexibility index (Phi) is 39.7. The molecule has 6 aliphatic heterocycles. The van der Waals surface area contributed by atoms with Crippen LogP contribution < -0.4 is 10.6 Å². The molecule has 62 heavy (non-hydrogen) atoms. The van der Waals surface area contributed by atoms with Crippen molar-refractivity contribution in [3.05, 3.63) is 88.8 Å². The Bertz CT molecular complexity index is 1470. The minimum atomic E-state index is -0.409. The van der Waals surface area contributed by atoms with Crippen LogP contribution in [-0.2, 0) is 44.0 Å². The van der Waals surface area contributed by atoms with Crippen molar-refractivity contribution in [2.45, 2.75) is 141 Å². The third-order valence-electron chi connectivity index (χ3n) is 8.57. The summed E-state index contributed by atoms with van der Waals surface area (Å²) in [5.41, 5.74) is 6.69. The Hall–Kier alpha value is -3.47. The maximum atomic E-state index is 11.9. The van der Waals surface area contributed by atoms with Gasteiger partial charge in [-0.25, -0.2) is 4.79 Å². The van der Waals surface area contributed by atoms with Gasteiger partial charge in [0, 0.05) is 77.5 Å². The number of aromatic nitrogens is 3. The van der Waals surface area contributed by atoms with Crippen molar-refractivity contribution in [1.29, 1.82) is 0 Å². The first kappa shape index (κ1) is 62.8. The van der Waals surface area contributed by atoms with Gasteiger partial charge in [0.15, 0.2) is 0 Å². The number of β-amino-alcohol motifs (C(OH)–C–C–N with tert-alkyl or cyclic N) is 2. The van der Waals surface area contributed by atoms with Gasteiger partial charge in [0.1, 0.15) is 6.10 Å². The van der Waals surface area contributed by atoms with E-state index in [-0.39, 0.29) is 36.8 Å². The van der Waals surface area contributed by atoms with Crippen LogP contribution in [0.5, 0.6) is 0 Å². The number of carbonyl (C=O) groups excluding carboxylic acids is 2. The van der Waals surface area contributed by atoms with E-state index in [0.29, 0.717) is 26.2 Å². The molecule has 0 saturated carbocycles. The highest BCUT2D eigenvalue weighted by Crippen LogP contribution is 2.23. The fraction of sp³-hybridized carbons (Fsp3) is 0.630. The summed E-state index contributed by atoms with van der Waals surface area (Å²) in [4.78, 5) is 42.7. The van der Waals surface area contributed by atoms with E-state index in [1.54, 1.807) is 22.2 Å². The van der Waals surface area contributed by atoms with E-state index in [1.165, 1.54) is 11.3 Å². The molecule has 9 rings (SSSR count). The number of ether oxygens (including phenoxy) is 1. The lowest BCUT2D eigenvalue weighted by Gasteiger charge is -2.36. The maximum absolute atomic E-state index is 11.9. The van der Waals surface area contributed by atoms with E-state index in [0.717, 1.165) is 74.9 Å². The maximum Gasteiger partial charge on any atom is 0.410 e. The number of fused-ring (bicyclic) bond motifs is 3. The van der Waals surface area contributed by atoms with Crippen molar-refractivity contribution < 1.29 is 24.5 Å². The first-order valence-electron chi connectivity index (χ1n) is 22.5. The molecule has 0 aromatic carbocycles. The van der Waals surface area contributed by atoms with Crippen molar-refractivity contribution in [1.82, 2.24) is 45.2 Å². The number of likely N-dealkylation sites (N-methyl/N-ethyl adjacent to an activating group) is 2. The number of nitrogens with zero attached hydrogens (tertiary/aromatic N) is 7. The molecule has 3 saturated heterocycles. The zero-order chi connectivity index (χ0) is 46.8. The normalized spacial score (nSPS) is 15.8. The smallest absolute Gasteiger partial charge is 0.410 e. The van der Waals surface area contributed by atoms with Crippen LogP contribution in [0, 0.1) is 0 Å². The number of aliphatic hydroxyl groups is 2. The van der Waals surface area contributed by atoms with Gasteiger partial charge >= 0.3 is 11.5 Å². The van der Waals surface area contributed by atoms with Crippen LogP contribution in [0.1, 0.15) is 117 Å². The second kappa shape index (κ2) is 39.1. The summed E-state index contributed by atoms with van der Waals surface area (Å²) in [6, 6.07) is 11.8. The van der Waals surface area contributed by atoms with E-state index < -0.39 is 5.37 Å². The number of nitrogens with one attached hydrogen (secondary N) is 2. The van der Waals surface area contributed by atoms with Crippen molar-refractivity contribution in [2.24, 2.45) is 0 Å². The van der Waals surface area contributed by atoms with E-state index in [9.17, 15) is 9.59 Å². The topological polar surface area (TPSA) is 160 Å². The van der Waals surface area contributed by atoms with Crippen LogP contribution in [-0.4, -0.2) is 128 Å². The highest BCUT2D eigenvalue weighted by atomic mass is 35.5. The van der Waals surface area contributed by atoms with Gasteiger partial charge in [-0.15, -0.1) is 12.4 Å². The fourth-order valence-electron chi connectivity index (χ4n) is 5.63. The number of halogens is 2. The monoisotopic (exact) mass is 912 g/mol. The minimum Gasteiger partial charge on any atom is -0.443 e. The van der Waals surface area contributed by atoms with Crippen LogP contribution in [0.15, 0.2) is 55.0 Å². The molecule has 0 unspecified atom stereocenters. The van der Waals surface area contributed by atoms with E-state index in [4.69, 9.17) is 26.6 Å². The van der Waals surface area contributed by atoms with Crippen LogP contribution in [0.25, 0.3) is 0 Å². The summed E-state index contributed by atoms with van der Waals surface area (Å²) in [6.45, 7) is 33.2. The summed E-state index contributed by atoms with van der Waals surface area (Å²) in [5.74, 6) is 0. The Labute approximate surface area is 386 Å². The van der Waals surface area contributed by atoms with Gasteiger partial charge in [-0.3, -0.25) is 29.5 Å². The molecule has 3 aromatic heterocycles. The Morgan fingerprint density at radius 2 is 1.00 bits per heavy atom. The third kappa shape index (κ3) is 23.8. The molecule has 14 nitrogen and oxygen atoms in total. The van der Waals surface area contributed by atoms with Gasteiger partial charge in [-0.05, 0) is 60.6 Å². The van der Waals surface area contributed by atoms with Crippen LogP contribution in [0.4, 0.5) is 9.59 Å². The van der Waals surface area contributed by atoms with Crippen molar-refractivity contribution in [3.63, 3.8) is 0 Å². The van der Waals surface area contributed by atoms with Crippen LogP contribution in [0.3, 0.4) is 0 Å². The van der Waals surface area contributed by atoms with Crippen LogP contribution >= 0.6 is 24.0 Å². The molecule has 356 valence electrons. The first-order valence-corrected chi connectivity index (χ1v) is 22.8. The molecule has 0 atom stereocenters. The van der Waals surface area contributed by atoms with Gasteiger partial charge in [0.05, 0.1) is 48.9 Å². The summed E-state index contributed by atoms with van der Waals surface area (Å²) < 4.78 is 5.39.